The molecule has 6 nitrogen and oxygen atoms in total. The summed E-state index contributed by atoms with van der Waals surface area (Å²) in [5, 5.41) is 3.66. The number of rotatable bonds is 3. The Bertz CT molecular complexity index is 1040. The van der Waals surface area contributed by atoms with Crippen LogP contribution >= 0.6 is 0 Å². The topological polar surface area (TPSA) is 72.8 Å². The first-order valence-electron chi connectivity index (χ1n) is 8.29. The largest absolute Gasteiger partial charge is 0.364 e. The molecule has 2 aliphatic heterocycles. The van der Waals surface area contributed by atoms with Gasteiger partial charge in [-0.2, -0.15) is 0 Å². The van der Waals surface area contributed by atoms with Crippen molar-refractivity contribution in [1.82, 2.24) is 15.2 Å². The third-order valence-electron chi connectivity index (χ3n) is 4.47. The van der Waals surface area contributed by atoms with Gasteiger partial charge in [0.2, 0.25) is 5.56 Å². The van der Waals surface area contributed by atoms with Crippen molar-refractivity contribution in [3.8, 4) is 0 Å². The number of H-pyrrole nitrogens is 1. The second-order valence-corrected chi connectivity index (χ2v) is 6.57. The monoisotopic (exact) mass is 357 g/mol. The van der Waals surface area contributed by atoms with Gasteiger partial charge < -0.3 is 15.2 Å². The predicted molar refractivity (Wildman–Crippen MR) is 95.8 cm³/mol. The predicted octanol–water partition coefficient (Wildman–Crippen LogP) is 2.48. The maximum atomic E-state index is 14.1. The Morgan fingerprint density at radius 3 is 2.88 bits per heavy atom. The van der Waals surface area contributed by atoms with Crippen molar-refractivity contribution < 1.29 is 8.78 Å². The standard InChI is InChI=1S/C18H17F2N5O/c1-9(2)17-24-16-18(22-6-5-21-16)25(17)8-10-7-13(26)23-15-11(10)3-4-12(19)14(15)20/h3-7,9,18,22H,8H2,1-2H3,(H,23,26). The fourth-order valence-corrected chi connectivity index (χ4v) is 3.31. The zero-order valence-electron chi connectivity index (χ0n) is 14.3. The molecular weight excluding hydrogens is 340 g/mol. The molecule has 2 aromatic rings. The Morgan fingerprint density at radius 1 is 1.31 bits per heavy atom. The lowest BCUT2D eigenvalue weighted by atomic mass is 10.1. The van der Waals surface area contributed by atoms with E-state index in [0.29, 0.717) is 23.3 Å². The number of halogens is 2. The van der Waals surface area contributed by atoms with Crippen LogP contribution in [0, 0.1) is 17.6 Å². The number of amidine groups is 2. The number of aromatic amines is 1. The molecule has 2 aliphatic rings. The number of benzene rings is 1. The lowest BCUT2D eigenvalue weighted by molar-refractivity contribution is 0.342. The van der Waals surface area contributed by atoms with Crippen molar-refractivity contribution >= 4 is 22.6 Å². The molecule has 1 aromatic carbocycles. The average molecular weight is 357 g/mol. The van der Waals surface area contributed by atoms with Gasteiger partial charge in [0, 0.05) is 36.3 Å². The highest BCUT2D eigenvalue weighted by molar-refractivity contribution is 6.07. The van der Waals surface area contributed by atoms with Crippen LogP contribution in [0.3, 0.4) is 0 Å². The van der Waals surface area contributed by atoms with Gasteiger partial charge in [0.05, 0.1) is 5.52 Å². The SMILES string of the molecule is CC(C)C1=NC2=NC=CNC2N1Cc1cc(=O)[nH]c2c(F)c(F)ccc12. The van der Waals surface area contributed by atoms with E-state index in [-0.39, 0.29) is 17.6 Å². The molecule has 0 amide bonds. The van der Waals surface area contributed by atoms with Crippen molar-refractivity contribution in [2.75, 3.05) is 0 Å². The molecule has 0 radical (unpaired) electrons. The van der Waals surface area contributed by atoms with Gasteiger partial charge in [0.25, 0.3) is 0 Å². The minimum atomic E-state index is -1.05. The van der Waals surface area contributed by atoms with E-state index < -0.39 is 17.2 Å². The first-order chi connectivity index (χ1) is 12.5. The molecule has 8 heteroatoms. The van der Waals surface area contributed by atoms with E-state index in [1.54, 1.807) is 12.4 Å². The summed E-state index contributed by atoms with van der Waals surface area (Å²) in [5.41, 5.74) is -0.0154. The van der Waals surface area contributed by atoms with Crippen molar-refractivity contribution in [2.45, 2.75) is 26.6 Å². The third-order valence-corrected chi connectivity index (χ3v) is 4.47. The summed E-state index contributed by atoms with van der Waals surface area (Å²) in [6, 6.07) is 3.95. The summed E-state index contributed by atoms with van der Waals surface area (Å²) in [4.78, 5) is 25.2. The van der Waals surface area contributed by atoms with E-state index in [4.69, 9.17) is 0 Å². The molecule has 4 rings (SSSR count). The summed E-state index contributed by atoms with van der Waals surface area (Å²) in [6.45, 7) is 4.34. The zero-order chi connectivity index (χ0) is 18.4. The molecule has 0 saturated carbocycles. The van der Waals surface area contributed by atoms with Gasteiger partial charge in [-0.3, -0.25) is 4.79 Å². The summed E-state index contributed by atoms with van der Waals surface area (Å²) < 4.78 is 27.7. The third kappa shape index (κ3) is 2.58. The van der Waals surface area contributed by atoms with Gasteiger partial charge in [-0.15, -0.1) is 0 Å². The van der Waals surface area contributed by atoms with Crippen LogP contribution in [0.2, 0.25) is 0 Å². The van der Waals surface area contributed by atoms with Gasteiger partial charge >= 0.3 is 0 Å². The van der Waals surface area contributed by atoms with Crippen molar-refractivity contribution in [2.24, 2.45) is 15.9 Å². The highest BCUT2D eigenvalue weighted by atomic mass is 19.2. The average Bonchev–Trinajstić information content (AvgIpc) is 2.97. The number of hydrogen-bond acceptors (Lipinski definition) is 5. The summed E-state index contributed by atoms with van der Waals surface area (Å²) >= 11 is 0. The molecule has 0 fully saturated rings. The molecule has 2 N–H and O–H groups in total. The molecular formula is C18H17F2N5O. The number of fused-ring (bicyclic) bond motifs is 2. The fourth-order valence-electron chi connectivity index (χ4n) is 3.31. The van der Waals surface area contributed by atoms with Crippen molar-refractivity contribution in [3.63, 3.8) is 0 Å². The maximum Gasteiger partial charge on any atom is 0.248 e. The van der Waals surface area contributed by atoms with E-state index in [1.165, 1.54) is 12.1 Å². The number of nitrogens with one attached hydrogen (secondary N) is 2. The smallest absolute Gasteiger partial charge is 0.248 e. The van der Waals surface area contributed by atoms with Crippen molar-refractivity contribution in [3.05, 3.63) is 58.2 Å². The van der Waals surface area contributed by atoms with Crippen LogP contribution in [0.15, 0.2) is 45.4 Å². The highest BCUT2D eigenvalue weighted by Crippen LogP contribution is 2.26. The Balaban J connectivity index is 1.81. The Kier molecular flexibility index (Phi) is 3.82. The minimum absolute atomic E-state index is 0.125. The molecule has 1 aromatic heterocycles. The molecule has 134 valence electrons. The lowest BCUT2D eigenvalue weighted by Crippen LogP contribution is -2.47. The van der Waals surface area contributed by atoms with Gasteiger partial charge in [-0.25, -0.2) is 18.8 Å². The van der Waals surface area contributed by atoms with Crippen LogP contribution in [-0.4, -0.2) is 27.7 Å². The van der Waals surface area contributed by atoms with Gasteiger partial charge in [0.15, 0.2) is 23.6 Å². The molecule has 0 aliphatic carbocycles. The first kappa shape index (κ1) is 16.4. The highest BCUT2D eigenvalue weighted by Gasteiger charge is 2.35. The minimum Gasteiger partial charge on any atom is -0.364 e. The number of pyridine rings is 1. The Labute approximate surface area is 148 Å². The number of hydrogen-bond donors (Lipinski definition) is 2. The molecule has 26 heavy (non-hydrogen) atoms. The van der Waals surface area contributed by atoms with Crippen LogP contribution < -0.4 is 10.9 Å². The Morgan fingerprint density at radius 2 is 2.12 bits per heavy atom. The molecule has 1 atom stereocenters. The molecule has 3 heterocycles. The zero-order valence-corrected chi connectivity index (χ0v) is 14.3. The summed E-state index contributed by atoms with van der Waals surface area (Å²) in [7, 11) is 0. The van der Waals surface area contributed by atoms with Gasteiger partial charge in [-0.05, 0) is 17.7 Å². The lowest BCUT2D eigenvalue weighted by Gasteiger charge is -2.30. The van der Waals surface area contributed by atoms with E-state index in [2.05, 4.69) is 20.3 Å². The van der Waals surface area contributed by atoms with E-state index >= 15 is 0 Å². The quantitative estimate of drug-likeness (QED) is 0.886. The normalized spacial score (nSPS) is 18.8. The van der Waals surface area contributed by atoms with Crippen LogP contribution in [0.4, 0.5) is 8.78 Å². The number of aromatic nitrogens is 1. The van der Waals surface area contributed by atoms with Crippen LogP contribution in [-0.2, 0) is 6.54 Å². The first-order valence-corrected chi connectivity index (χ1v) is 8.29. The molecule has 1 unspecified atom stereocenters. The van der Waals surface area contributed by atoms with Crippen molar-refractivity contribution in [1.29, 1.82) is 0 Å². The fraction of sp³-hybridized carbons (Fsp3) is 0.278. The van der Waals surface area contributed by atoms with E-state index in [9.17, 15) is 13.6 Å². The van der Waals surface area contributed by atoms with Gasteiger partial charge in [0.1, 0.15) is 5.84 Å². The number of aliphatic imine (C=N–C) groups is 2. The Hall–Kier alpha value is -3.03. The second-order valence-electron chi connectivity index (χ2n) is 6.57. The van der Waals surface area contributed by atoms with Crippen LogP contribution in [0.25, 0.3) is 10.9 Å². The second kappa shape index (κ2) is 6.05. The molecule has 0 saturated heterocycles. The van der Waals surface area contributed by atoms with E-state index in [1.807, 2.05) is 18.7 Å². The van der Waals surface area contributed by atoms with E-state index in [0.717, 1.165) is 11.9 Å². The van der Waals surface area contributed by atoms with Crippen LogP contribution in [0.5, 0.6) is 0 Å². The molecule has 0 bridgehead atoms. The number of nitrogens with zero attached hydrogens (tertiary/aromatic N) is 3. The van der Waals surface area contributed by atoms with Crippen LogP contribution in [0.1, 0.15) is 19.4 Å². The summed E-state index contributed by atoms with van der Waals surface area (Å²) in [6.07, 6.45) is 3.11. The van der Waals surface area contributed by atoms with Gasteiger partial charge in [-0.1, -0.05) is 13.8 Å². The maximum absolute atomic E-state index is 14.1. The molecule has 0 spiro atoms. The summed E-state index contributed by atoms with van der Waals surface area (Å²) in [5.74, 6) is -0.456.